The molecule has 0 spiro atoms. The van der Waals surface area contributed by atoms with Crippen LogP contribution >= 0.6 is 23.1 Å². The molecule has 0 aliphatic carbocycles. The number of carbonyl (C=O) groups excluding carboxylic acids is 1. The van der Waals surface area contributed by atoms with E-state index < -0.39 is 0 Å². The minimum Gasteiger partial charge on any atom is -0.356 e. The van der Waals surface area contributed by atoms with Crippen LogP contribution in [0.25, 0.3) is 11.0 Å². The Labute approximate surface area is 166 Å². The summed E-state index contributed by atoms with van der Waals surface area (Å²) in [5.41, 5.74) is 0.841. The summed E-state index contributed by atoms with van der Waals surface area (Å²) < 4.78 is 1.87. The number of fused-ring (bicyclic) bond motifs is 1. The Balaban J connectivity index is 1.55. The highest BCUT2D eigenvalue weighted by atomic mass is 32.2. The third kappa shape index (κ3) is 3.93. The average Bonchev–Trinajstić information content (AvgIpc) is 3.43. The Morgan fingerprint density at radius 1 is 1.33 bits per heavy atom. The lowest BCUT2D eigenvalue weighted by Crippen LogP contribution is -2.27. The van der Waals surface area contributed by atoms with Crippen LogP contribution in [0.2, 0.25) is 0 Å². The topological polar surface area (TPSA) is 75.9 Å². The molecule has 4 rings (SSSR count). The number of thiophene rings is 1. The van der Waals surface area contributed by atoms with Crippen LogP contribution in [0.5, 0.6) is 0 Å². The van der Waals surface area contributed by atoms with Crippen LogP contribution < -0.4 is 10.2 Å². The highest BCUT2D eigenvalue weighted by molar-refractivity contribution is 7.99. The number of nitrogens with one attached hydrogen (secondary N) is 1. The Hall–Kier alpha value is -2.13. The molecule has 4 heterocycles. The molecule has 0 bridgehead atoms. The highest BCUT2D eigenvalue weighted by Crippen LogP contribution is 2.29. The van der Waals surface area contributed by atoms with Crippen molar-refractivity contribution in [3.63, 3.8) is 0 Å². The highest BCUT2D eigenvalue weighted by Gasteiger charge is 2.20. The molecular formula is C18H22N6OS2. The van der Waals surface area contributed by atoms with Gasteiger partial charge in [0.05, 0.1) is 23.0 Å². The Morgan fingerprint density at radius 3 is 2.93 bits per heavy atom. The molecule has 0 atom stereocenters. The number of thioether (sulfide) groups is 1. The van der Waals surface area contributed by atoms with Gasteiger partial charge in [-0.25, -0.2) is 14.6 Å². The molecule has 0 radical (unpaired) electrons. The van der Waals surface area contributed by atoms with Crippen molar-refractivity contribution in [3.8, 4) is 0 Å². The third-order valence-corrected chi connectivity index (χ3v) is 6.09. The molecule has 27 heavy (non-hydrogen) atoms. The maximum atomic E-state index is 12.1. The average molecular weight is 403 g/mol. The van der Waals surface area contributed by atoms with E-state index in [1.807, 2.05) is 28.4 Å². The van der Waals surface area contributed by atoms with Crippen molar-refractivity contribution in [2.45, 2.75) is 31.5 Å². The number of hydrogen-bond donors (Lipinski definition) is 1. The summed E-state index contributed by atoms with van der Waals surface area (Å²) in [6, 6.07) is 3.71. The molecule has 1 fully saturated rings. The zero-order valence-electron chi connectivity index (χ0n) is 15.2. The smallest absolute Gasteiger partial charge is 0.261 e. The van der Waals surface area contributed by atoms with Crippen molar-refractivity contribution >= 4 is 45.9 Å². The van der Waals surface area contributed by atoms with Gasteiger partial charge in [0.15, 0.2) is 10.8 Å². The third-order valence-electron chi connectivity index (χ3n) is 4.49. The first-order chi connectivity index (χ1) is 13.3. The summed E-state index contributed by atoms with van der Waals surface area (Å²) >= 11 is 3.09. The zero-order valence-corrected chi connectivity index (χ0v) is 16.9. The second-order valence-electron chi connectivity index (χ2n) is 6.30. The van der Waals surface area contributed by atoms with Gasteiger partial charge in [0.1, 0.15) is 5.82 Å². The van der Waals surface area contributed by atoms with Gasteiger partial charge >= 0.3 is 0 Å². The quantitative estimate of drug-likeness (QED) is 0.484. The first kappa shape index (κ1) is 18.2. The molecule has 9 heteroatoms. The van der Waals surface area contributed by atoms with E-state index in [0.717, 1.165) is 45.7 Å². The first-order valence-electron chi connectivity index (χ1n) is 9.19. The summed E-state index contributed by atoms with van der Waals surface area (Å²) in [7, 11) is 0. The SMILES string of the molecule is CCSc1nc(N2CCCC2)c2cnn(CCNC(=O)c3cccs3)c2n1. The summed E-state index contributed by atoms with van der Waals surface area (Å²) in [6.07, 6.45) is 4.25. The molecule has 1 N–H and O–H groups in total. The van der Waals surface area contributed by atoms with Crippen LogP contribution in [0.1, 0.15) is 29.4 Å². The van der Waals surface area contributed by atoms with Crippen LogP contribution in [-0.4, -0.2) is 51.0 Å². The van der Waals surface area contributed by atoms with Crippen molar-refractivity contribution in [1.82, 2.24) is 25.1 Å². The van der Waals surface area contributed by atoms with Gasteiger partial charge in [-0.05, 0) is 30.0 Å². The van der Waals surface area contributed by atoms with E-state index >= 15 is 0 Å². The van der Waals surface area contributed by atoms with Crippen molar-refractivity contribution < 1.29 is 4.79 Å². The normalized spacial score (nSPS) is 14.2. The summed E-state index contributed by atoms with van der Waals surface area (Å²) in [5.74, 6) is 1.87. The molecule has 0 aromatic carbocycles. The lowest BCUT2D eigenvalue weighted by molar-refractivity contribution is 0.0956. The second-order valence-corrected chi connectivity index (χ2v) is 8.47. The van der Waals surface area contributed by atoms with Crippen molar-refractivity contribution in [2.24, 2.45) is 0 Å². The molecule has 1 saturated heterocycles. The summed E-state index contributed by atoms with van der Waals surface area (Å²) in [5, 5.41) is 11.1. The molecule has 1 amide bonds. The maximum absolute atomic E-state index is 12.1. The van der Waals surface area contributed by atoms with Crippen LogP contribution in [0.15, 0.2) is 28.9 Å². The van der Waals surface area contributed by atoms with E-state index in [0.29, 0.717) is 13.1 Å². The standard InChI is InChI=1S/C18H22N6OS2/c1-2-26-18-21-15(23-8-3-4-9-23)13-12-20-24(16(13)22-18)10-7-19-17(25)14-6-5-11-27-14/h5-6,11-12H,2-4,7-10H2,1H3,(H,19,25). The molecule has 1 aliphatic rings. The van der Waals surface area contributed by atoms with E-state index in [9.17, 15) is 4.79 Å². The lowest BCUT2D eigenvalue weighted by atomic mass is 10.3. The number of rotatable bonds is 7. The zero-order chi connectivity index (χ0) is 18.6. The number of aromatic nitrogens is 4. The van der Waals surface area contributed by atoms with Gasteiger partial charge in [-0.1, -0.05) is 24.8 Å². The molecule has 3 aromatic rings. The predicted molar refractivity (Wildman–Crippen MR) is 110 cm³/mol. The van der Waals surface area contributed by atoms with Crippen LogP contribution in [-0.2, 0) is 6.54 Å². The monoisotopic (exact) mass is 402 g/mol. The molecule has 0 unspecified atom stereocenters. The van der Waals surface area contributed by atoms with Crippen LogP contribution in [0, 0.1) is 0 Å². The van der Waals surface area contributed by atoms with Gasteiger partial charge < -0.3 is 10.2 Å². The van der Waals surface area contributed by atoms with E-state index in [2.05, 4.69) is 22.2 Å². The van der Waals surface area contributed by atoms with Gasteiger partial charge in [0.2, 0.25) is 0 Å². The second kappa shape index (κ2) is 8.26. The van der Waals surface area contributed by atoms with Crippen LogP contribution in [0.3, 0.4) is 0 Å². The Morgan fingerprint density at radius 2 is 2.19 bits per heavy atom. The Bertz CT molecular complexity index is 917. The molecular weight excluding hydrogens is 380 g/mol. The number of nitrogens with zero attached hydrogens (tertiary/aromatic N) is 5. The lowest BCUT2D eigenvalue weighted by Gasteiger charge is -2.17. The van der Waals surface area contributed by atoms with E-state index in [1.165, 1.54) is 24.2 Å². The molecule has 1 aliphatic heterocycles. The molecule has 0 saturated carbocycles. The van der Waals surface area contributed by atoms with Crippen LogP contribution in [0.4, 0.5) is 5.82 Å². The van der Waals surface area contributed by atoms with Gasteiger partial charge in [-0.2, -0.15) is 5.10 Å². The largest absolute Gasteiger partial charge is 0.356 e. The predicted octanol–water partition coefficient (Wildman–Crippen LogP) is 3.03. The minimum atomic E-state index is -0.0453. The van der Waals surface area contributed by atoms with Crippen molar-refractivity contribution in [2.75, 3.05) is 30.3 Å². The van der Waals surface area contributed by atoms with Gasteiger partial charge in [0, 0.05) is 19.6 Å². The summed E-state index contributed by atoms with van der Waals surface area (Å²) in [4.78, 5) is 24.7. The van der Waals surface area contributed by atoms with E-state index in [-0.39, 0.29) is 5.91 Å². The van der Waals surface area contributed by atoms with E-state index in [1.54, 1.807) is 11.8 Å². The number of carbonyl (C=O) groups is 1. The van der Waals surface area contributed by atoms with Gasteiger partial charge in [-0.3, -0.25) is 4.79 Å². The fourth-order valence-corrected chi connectivity index (χ4v) is 4.42. The number of amides is 1. The fraction of sp³-hybridized carbons (Fsp3) is 0.444. The van der Waals surface area contributed by atoms with Gasteiger partial charge in [0.25, 0.3) is 5.91 Å². The number of anilines is 1. The maximum Gasteiger partial charge on any atom is 0.261 e. The van der Waals surface area contributed by atoms with Gasteiger partial charge in [-0.15, -0.1) is 11.3 Å². The fourth-order valence-electron chi connectivity index (χ4n) is 3.22. The van der Waals surface area contributed by atoms with Crippen molar-refractivity contribution in [3.05, 3.63) is 28.6 Å². The molecule has 3 aromatic heterocycles. The minimum absolute atomic E-state index is 0.0453. The summed E-state index contributed by atoms with van der Waals surface area (Å²) in [6.45, 7) is 5.25. The number of hydrogen-bond acceptors (Lipinski definition) is 7. The molecule has 142 valence electrons. The Kier molecular flexibility index (Phi) is 5.58. The molecule has 7 nitrogen and oxygen atoms in total. The van der Waals surface area contributed by atoms with E-state index in [4.69, 9.17) is 9.97 Å². The first-order valence-corrected chi connectivity index (χ1v) is 11.1. The van der Waals surface area contributed by atoms with Crippen molar-refractivity contribution in [1.29, 1.82) is 0 Å².